The molecular formula is C23H26ClFN4O3. The maximum atomic E-state index is 13.5. The summed E-state index contributed by atoms with van der Waals surface area (Å²) in [6, 6.07) is 4.07. The van der Waals surface area contributed by atoms with E-state index in [4.69, 9.17) is 16.3 Å². The average Bonchev–Trinajstić information content (AvgIpc) is 2.79. The minimum Gasteiger partial charge on any atom is -0.484 e. The first-order chi connectivity index (χ1) is 15.3. The van der Waals surface area contributed by atoms with Gasteiger partial charge in [-0.2, -0.15) is 0 Å². The molecule has 0 aliphatic heterocycles. The zero-order chi connectivity index (χ0) is 22.8. The Kier molecular flexibility index (Phi) is 6.33. The molecule has 9 heteroatoms. The van der Waals surface area contributed by atoms with Crippen molar-refractivity contribution in [1.29, 1.82) is 0 Å². The van der Waals surface area contributed by atoms with Crippen LogP contribution < -0.4 is 15.4 Å². The second-order valence-corrected chi connectivity index (χ2v) is 9.24. The van der Waals surface area contributed by atoms with E-state index in [-0.39, 0.29) is 40.7 Å². The molecule has 170 valence electrons. The average molecular weight is 461 g/mol. The van der Waals surface area contributed by atoms with Crippen LogP contribution in [0.5, 0.6) is 5.75 Å². The number of hydrogen-bond donors (Lipinski definition) is 2. The van der Waals surface area contributed by atoms with Gasteiger partial charge in [-0.1, -0.05) is 18.5 Å². The molecular weight excluding hydrogens is 435 g/mol. The predicted molar refractivity (Wildman–Crippen MR) is 116 cm³/mol. The van der Waals surface area contributed by atoms with E-state index in [2.05, 4.69) is 27.5 Å². The van der Waals surface area contributed by atoms with E-state index >= 15 is 0 Å². The zero-order valence-electron chi connectivity index (χ0n) is 17.9. The summed E-state index contributed by atoms with van der Waals surface area (Å²) >= 11 is 5.67. The Hall–Kier alpha value is -2.74. The van der Waals surface area contributed by atoms with Crippen LogP contribution in [0.1, 0.15) is 44.7 Å². The SMILES string of the molecule is CC1CC2(NC(=O)COc3ccc(Cl)c(F)c3)CCC1(C(=O)NCc1cnccn1)CC2. The van der Waals surface area contributed by atoms with E-state index in [0.29, 0.717) is 19.4 Å². The highest BCUT2D eigenvalue weighted by Crippen LogP contribution is 2.55. The molecule has 3 saturated carbocycles. The number of carbonyl (C=O) groups excluding carboxylic acids is 2. The molecule has 1 heterocycles. The van der Waals surface area contributed by atoms with Crippen LogP contribution in [0.2, 0.25) is 5.02 Å². The van der Waals surface area contributed by atoms with Crippen molar-refractivity contribution in [3.05, 3.63) is 53.3 Å². The first kappa shape index (κ1) is 22.5. The third-order valence-electron chi connectivity index (χ3n) is 6.90. The predicted octanol–water partition coefficient (Wildman–Crippen LogP) is 3.42. The van der Waals surface area contributed by atoms with Crippen LogP contribution in [0.15, 0.2) is 36.8 Å². The number of hydrogen-bond acceptors (Lipinski definition) is 5. The van der Waals surface area contributed by atoms with E-state index < -0.39 is 11.2 Å². The Balaban J connectivity index is 1.32. The van der Waals surface area contributed by atoms with Gasteiger partial charge in [0.2, 0.25) is 5.91 Å². The van der Waals surface area contributed by atoms with E-state index in [1.54, 1.807) is 18.6 Å². The largest absolute Gasteiger partial charge is 0.484 e. The number of aromatic nitrogens is 2. The van der Waals surface area contributed by atoms with Gasteiger partial charge in [-0.25, -0.2) is 4.39 Å². The molecule has 2 N–H and O–H groups in total. The summed E-state index contributed by atoms with van der Waals surface area (Å²) in [7, 11) is 0. The van der Waals surface area contributed by atoms with Crippen LogP contribution in [-0.4, -0.2) is 33.9 Å². The van der Waals surface area contributed by atoms with Gasteiger partial charge in [0.1, 0.15) is 11.6 Å². The van der Waals surface area contributed by atoms with Gasteiger partial charge >= 0.3 is 0 Å². The molecule has 7 nitrogen and oxygen atoms in total. The van der Waals surface area contributed by atoms with E-state index in [9.17, 15) is 14.0 Å². The van der Waals surface area contributed by atoms with Gasteiger partial charge in [-0.3, -0.25) is 19.6 Å². The van der Waals surface area contributed by atoms with Crippen molar-refractivity contribution in [1.82, 2.24) is 20.6 Å². The third-order valence-corrected chi connectivity index (χ3v) is 7.21. The molecule has 3 fully saturated rings. The summed E-state index contributed by atoms with van der Waals surface area (Å²) < 4.78 is 19.0. The normalized spacial score (nSPS) is 26.4. The number of nitrogens with one attached hydrogen (secondary N) is 2. The van der Waals surface area contributed by atoms with Crippen LogP contribution in [-0.2, 0) is 16.1 Å². The molecule has 32 heavy (non-hydrogen) atoms. The molecule has 0 spiro atoms. The van der Waals surface area contributed by atoms with Crippen LogP contribution in [0, 0.1) is 17.2 Å². The van der Waals surface area contributed by atoms with Crippen molar-refractivity contribution in [2.24, 2.45) is 11.3 Å². The lowest BCUT2D eigenvalue weighted by Crippen LogP contribution is -2.63. The van der Waals surface area contributed by atoms with Crippen molar-refractivity contribution in [3.8, 4) is 5.75 Å². The Morgan fingerprint density at radius 1 is 1.25 bits per heavy atom. The topological polar surface area (TPSA) is 93.2 Å². The summed E-state index contributed by atoms with van der Waals surface area (Å²) in [6.07, 6.45) is 8.47. The third kappa shape index (κ3) is 4.55. The number of benzene rings is 1. The first-order valence-corrected chi connectivity index (χ1v) is 11.1. The van der Waals surface area contributed by atoms with Gasteiger partial charge in [0.15, 0.2) is 6.61 Å². The van der Waals surface area contributed by atoms with Crippen molar-refractivity contribution in [2.75, 3.05) is 6.61 Å². The highest BCUT2D eigenvalue weighted by atomic mass is 35.5. The van der Waals surface area contributed by atoms with Crippen LogP contribution in [0.4, 0.5) is 4.39 Å². The highest BCUT2D eigenvalue weighted by molar-refractivity contribution is 6.30. The Labute approximate surface area is 191 Å². The summed E-state index contributed by atoms with van der Waals surface area (Å²) in [5.41, 5.74) is -0.0388. The standard InChI is InChI=1S/C23H26ClFN4O3/c1-15-11-22(29-20(30)14-32-17-2-3-18(24)19(25)10-17)4-6-23(15,7-5-22)21(31)28-13-16-12-26-8-9-27-16/h2-3,8-10,12,15H,4-7,11,13-14H2,1H3,(H,28,31)(H,29,30). The van der Waals surface area contributed by atoms with Crippen molar-refractivity contribution in [3.63, 3.8) is 0 Å². The van der Waals surface area contributed by atoms with E-state index in [0.717, 1.165) is 31.0 Å². The van der Waals surface area contributed by atoms with Crippen LogP contribution >= 0.6 is 11.6 Å². The minimum atomic E-state index is -0.592. The quantitative estimate of drug-likeness (QED) is 0.660. The summed E-state index contributed by atoms with van der Waals surface area (Å²) in [5.74, 6) is -0.430. The molecule has 0 radical (unpaired) electrons. The molecule has 2 aromatic rings. The van der Waals surface area contributed by atoms with Gasteiger partial charge in [0.25, 0.3) is 5.91 Å². The monoisotopic (exact) mass is 460 g/mol. The Morgan fingerprint density at radius 2 is 2.03 bits per heavy atom. The van der Waals surface area contributed by atoms with Crippen LogP contribution in [0.3, 0.4) is 0 Å². The summed E-state index contributed by atoms with van der Waals surface area (Å²) in [6.45, 7) is 2.22. The van der Waals surface area contributed by atoms with Crippen molar-refractivity contribution >= 4 is 23.4 Å². The fraction of sp³-hybridized carbons (Fsp3) is 0.478. The number of carbonyl (C=O) groups is 2. The second kappa shape index (κ2) is 9.02. The number of amides is 2. The van der Waals surface area contributed by atoms with Gasteiger partial charge < -0.3 is 15.4 Å². The molecule has 3 aliphatic rings. The Bertz CT molecular complexity index is 996. The molecule has 2 amide bonds. The van der Waals surface area contributed by atoms with Crippen molar-refractivity contribution in [2.45, 2.75) is 51.1 Å². The lowest BCUT2D eigenvalue weighted by atomic mass is 9.52. The number of ether oxygens (including phenoxy) is 1. The number of nitrogens with zero attached hydrogens (tertiary/aromatic N) is 2. The zero-order valence-corrected chi connectivity index (χ0v) is 18.6. The smallest absolute Gasteiger partial charge is 0.258 e. The number of halogens is 2. The summed E-state index contributed by atoms with van der Waals surface area (Å²) in [4.78, 5) is 33.9. The maximum absolute atomic E-state index is 13.5. The molecule has 3 aliphatic carbocycles. The van der Waals surface area contributed by atoms with Gasteiger partial charge in [-0.05, 0) is 50.2 Å². The van der Waals surface area contributed by atoms with Crippen molar-refractivity contribution < 1.29 is 18.7 Å². The molecule has 1 aromatic carbocycles. The van der Waals surface area contributed by atoms with Gasteiger partial charge in [-0.15, -0.1) is 0 Å². The second-order valence-electron chi connectivity index (χ2n) is 8.83. The molecule has 0 saturated heterocycles. The van der Waals surface area contributed by atoms with Gasteiger partial charge in [0, 0.05) is 24.0 Å². The highest BCUT2D eigenvalue weighted by Gasteiger charge is 2.56. The van der Waals surface area contributed by atoms with E-state index in [1.165, 1.54) is 12.1 Å². The van der Waals surface area contributed by atoms with E-state index in [1.807, 2.05) is 0 Å². The van der Waals surface area contributed by atoms with Gasteiger partial charge in [0.05, 0.1) is 28.9 Å². The molecule has 1 unspecified atom stereocenters. The fourth-order valence-corrected chi connectivity index (χ4v) is 5.21. The number of rotatable bonds is 7. The van der Waals surface area contributed by atoms with Crippen LogP contribution in [0.25, 0.3) is 0 Å². The lowest BCUT2D eigenvalue weighted by molar-refractivity contribution is -0.146. The molecule has 1 aromatic heterocycles. The molecule has 2 bridgehead atoms. The first-order valence-electron chi connectivity index (χ1n) is 10.7. The Morgan fingerprint density at radius 3 is 2.69 bits per heavy atom. The lowest BCUT2D eigenvalue weighted by Gasteiger charge is -2.56. The molecule has 1 atom stereocenters. The minimum absolute atomic E-state index is 0.00306. The maximum Gasteiger partial charge on any atom is 0.258 e. The fourth-order valence-electron chi connectivity index (χ4n) is 5.10. The molecule has 5 rings (SSSR count). The number of fused-ring (bicyclic) bond motifs is 3. The summed E-state index contributed by atoms with van der Waals surface area (Å²) in [5, 5.41) is 6.16.